The van der Waals surface area contributed by atoms with Crippen LogP contribution in [0.3, 0.4) is 0 Å². The fourth-order valence-corrected chi connectivity index (χ4v) is 3.10. The molecular formula is C18H20N2O2. The molecule has 0 unspecified atom stereocenters. The molecule has 4 heteroatoms. The second-order valence-corrected chi connectivity index (χ2v) is 5.56. The average molecular weight is 296 g/mol. The average Bonchev–Trinajstić information content (AvgIpc) is 2.98. The minimum absolute atomic E-state index is 0.0573. The van der Waals surface area contributed by atoms with Crippen LogP contribution in [-0.4, -0.2) is 41.6 Å². The smallest absolute Gasteiger partial charge is 0.254 e. The second kappa shape index (κ2) is 6.71. The molecule has 0 bridgehead atoms. The first kappa shape index (κ1) is 14.7. The van der Waals surface area contributed by atoms with E-state index in [-0.39, 0.29) is 18.1 Å². The quantitative estimate of drug-likeness (QED) is 0.871. The molecule has 0 N–H and O–H groups in total. The van der Waals surface area contributed by atoms with E-state index in [0.29, 0.717) is 0 Å². The summed E-state index contributed by atoms with van der Waals surface area (Å²) in [6.07, 6.45) is 5.34. The topological polar surface area (TPSA) is 42.4 Å². The standard InChI is InChI=1S/C18H20N2O2/c1-22-17-9-11-20(18(21)15-7-3-2-4-8-15)16(17)12-14-6-5-10-19-13-14/h2-8,10,13,16-17H,9,11-12H2,1H3/t16-,17+/m0/s1. The fourth-order valence-electron chi connectivity index (χ4n) is 3.10. The summed E-state index contributed by atoms with van der Waals surface area (Å²) in [6.45, 7) is 0.733. The lowest BCUT2D eigenvalue weighted by Gasteiger charge is -2.27. The highest BCUT2D eigenvalue weighted by molar-refractivity contribution is 5.94. The van der Waals surface area contributed by atoms with Crippen LogP contribution in [0.1, 0.15) is 22.3 Å². The molecule has 0 aliphatic carbocycles. The summed E-state index contributed by atoms with van der Waals surface area (Å²) in [5, 5.41) is 0. The number of methoxy groups -OCH3 is 1. The zero-order chi connectivity index (χ0) is 15.4. The third kappa shape index (κ3) is 3.02. The van der Waals surface area contributed by atoms with Crippen LogP contribution in [0.2, 0.25) is 0 Å². The third-order valence-electron chi connectivity index (χ3n) is 4.24. The molecule has 114 valence electrons. The van der Waals surface area contributed by atoms with Gasteiger partial charge in [0.1, 0.15) is 0 Å². The zero-order valence-electron chi connectivity index (χ0n) is 12.7. The molecule has 1 saturated heterocycles. The first-order valence-electron chi connectivity index (χ1n) is 7.57. The van der Waals surface area contributed by atoms with E-state index in [1.54, 1.807) is 13.3 Å². The number of pyridine rings is 1. The second-order valence-electron chi connectivity index (χ2n) is 5.56. The maximum absolute atomic E-state index is 12.8. The van der Waals surface area contributed by atoms with Crippen LogP contribution in [0.15, 0.2) is 54.9 Å². The van der Waals surface area contributed by atoms with Crippen LogP contribution in [-0.2, 0) is 11.2 Å². The molecule has 1 aliphatic rings. The molecule has 3 rings (SSSR count). The van der Waals surface area contributed by atoms with Gasteiger partial charge < -0.3 is 9.64 Å². The first-order valence-corrected chi connectivity index (χ1v) is 7.57. The molecule has 1 aromatic heterocycles. The van der Waals surface area contributed by atoms with E-state index in [0.717, 1.165) is 30.5 Å². The highest BCUT2D eigenvalue weighted by atomic mass is 16.5. The first-order chi connectivity index (χ1) is 10.8. The van der Waals surface area contributed by atoms with Crippen molar-refractivity contribution in [3.63, 3.8) is 0 Å². The van der Waals surface area contributed by atoms with Gasteiger partial charge in [-0.1, -0.05) is 24.3 Å². The van der Waals surface area contributed by atoms with Crippen LogP contribution < -0.4 is 0 Å². The summed E-state index contributed by atoms with van der Waals surface area (Å²) in [4.78, 5) is 18.9. The van der Waals surface area contributed by atoms with Gasteiger partial charge in [0.15, 0.2) is 0 Å². The van der Waals surface area contributed by atoms with Crippen molar-refractivity contribution in [2.24, 2.45) is 0 Å². The molecular weight excluding hydrogens is 276 g/mol. The summed E-state index contributed by atoms with van der Waals surface area (Å²) in [7, 11) is 1.72. The molecule has 1 amide bonds. The van der Waals surface area contributed by atoms with Gasteiger partial charge in [-0.3, -0.25) is 9.78 Å². The fraction of sp³-hybridized carbons (Fsp3) is 0.333. The number of hydrogen-bond acceptors (Lipinski definition) is 3. The summed E-state index contributed by atoms with van der Waals surface area (Å²) in [5.74, 6) is 0.0778. The van der Waals surface area contributed by atoms with Crippen molar-refractivity contribution in [2.45, 2.75) is 25.0 Å². The Morgan fingerprint density at radius 3 is 2.77 bits per heavy atom. The van der Waals surface area contributed by atoms with Crippen LogP contribution in [0, 0.1) is 0 Å². The van der Waals surface area contributed by atoms with E-state index in [2.05, 4.69) is 4.98 Å². The van der Waals surface area contributed by atoms with Crippen molar-refractivity contribution in [3.8, 4) is 0 Å². The zero-order valence-corrected chi connectivity index (χ0v) is 12.7. The van der Waals surface area contributed by atoms with Gasteiger partial charge in [-0.2, -0.15) is 0 Å². The molecule has 0 radical (unpaired) electrons. The number of carbonyl (C=O) groups excluding carboxylic acids is 1. The Balaban J connectivity index is 1.81. The number of hydrogen-bond donors (Lipinski definition) is 0. The number of ether oxygens (including phenoxy) is 1. The lowest BCUT2D eigenvalue weighted by Crippen LogP contribution is -2.41. The lowest BCUT2D eigenvalue weighted by atomic mass is 10.0. The summed E-state index contributed by atoms with van der Waals surface area (Å²) >= 11 is 0. The molecule has 2 heterocycles. The summed E-state index contributed by atoms with van der Waals surface area (Å²) < 4.78 is 5.60. The SMILES string of the molecule is CO[C@@H]1CCN(C(=O)c2ccccc2)[C@H]1Cc1cccnc1. The number of nitrogens with zero attached hydrogens (tertiary/aromatic N) is 2. The van der Waals surface area contributed by atoms with Gasteiger partial charge in [-0.25, -0.2) is 0 Å². The molecule has 1 fully saturated rings. The van der Waals surface area contributed by atoms with Crippen LogP contribution in [0.5, 0.6) is 0 Å². The normalized spacial score (nSPS) is 21.0. The van der Waals surface area contributed by atoms with Crippen molar-refractivity contribution in [2.75, 3.05) is 13.7 Å². The summed E-state index contributed by atoms with van der Waals surface area (Å²) in [5.41, 5.74) is 1.86. The molecule has 0 saturated carbocycles. The Hall–Kier alpha value is -2.20. The monoisotopic (exact) mass is 296 g/mol. The minimum Gasteiger partial charge on any atom is -0.379 e. The molecule has 4 nitrogen and oxygen atoms in total. The van der Waals surface area contributed by atoms with Gasteiger partial charge in [0.05, 0.1) is 12.1 Å². The van der Waals surface area contributed by atoms with Crippen LogP contribution >= 0.6 is 0 Å². The highest BCUT2D eigenvalue weighted by Gasteiger charge is 2.37. The Morgan fingerprint density at radius 2 is 2.09 bits per heavy atom. The minimum atomic E-state index is 0.0573. The number of aromatic nitrogens is 1. The molecule has 2 atom stereocenters. The van der Waals surface area contributed by atoms with E-state index in [1.165, 1.54) is 0 Å². The summed E-state index contributed by atoms with van der Waals surface area (Å²) in [6, 6.07) is 13.5. The molecule has 22 heavy (non-hydrogen) atoms. The van der Waals surface area contributed by atoms with Crippen molar-refractivity contribution in [3.05, 3.63) is 66.0 Å². The van der Waals surface area contributed by atoms with Gasteiger partial charge in [0, 0.05) is 31.6 Å². The number of carbonyl (C=O) groups is 1. The highest BCUT2D eigenvalue weighted by Crippen LogP contribution is 2.25. The van der Waals surface area contributed by atoms with Crippen molar-refractivity contribution in [1.82, 2.24) is 9.88 Å². The van der Waals surface area contributed by atoms with E-state index in [1.807, 2.05) is 53.6 Å². The molecule has 1 aliphatic heterocycles. The molecule has 2 aromatic rings. The number of amides is 1. The largest absolute Gasteiger partial charge is 0.379 e. The predicted molar refractivity (Wildman–Crippen MR) is 84.6 cm³/mol. The van der Waals surface area contributed by atoms with E-state index in [4.69, 9.17) is 4.74 Å². The maximum Gasteiger partial charge on any atom is 0.254 e. The van der Waals surface area contributed by atoms with Gasteiger partial charge >= 0.3 is 0 Å². The number of likely N-dealkylation sites (tertiary alicyclic amines) is 1. The number of rotatable bonds is 4. The van der Waals surface area contributed by atoms with Gasteiger partial charge in [-0.15, -0.1) is 0 Å². The Bertz CT molecular complexity index is 615. The van der Waals surface area contributed by atoms with E-state index >= 15 is 0 Å². The Morgan fingerprint density at radius 1 is 1.27 bits per heavy atom. The van der Waals surface area contributed by atoms with E-state index < -0.39 is 0 Å². The van der Waals surface area contributed by atoms with Crippen molar-refractivity contribution >= 4 is 5.91 Å². The van der Waals surface area contributed by atoms with Crippen LogP contribution in [0.25, 0.3) is 0 Å². The third-order valence-corrected chi connectivity index (χ3v) is 4.24. The number of benzene rings is 1. The van der Waals surface area contributed by atoms with Gasteiger partial charge in [0.25, 0.3) is 5.91 Å². The van der Waals surface area contributed by atoms with Crippen molar-refractivity contribution in [1.29, 1.82) is 0 Å². The van der Waals surface area contributed by atoms with Crippen molar-refractivity contribution < 1.29 is 9.53 Å². The molecule has 0 spiro atoms. The molecule has 1 aromatic carbocycles. The van der Waals surface area contributed by atoms with Crippen LogP contribution in [0.4, 0.5) is 0 Å². The predicted octanol–water partition coefficient (Wildman–Crippen LogP) is 2.55. The Labute approximate surface area is 130 Å². The van der Waals surface area contributed by atoms with Gasteiger partial charge in [-0.05, 0) is 36.6 Å². The van der Waals surface area contributed by atoms with E-state index in [9.17, 15) is 4.79 Å². The van der Waals surface area contributed by atoms with Gasteiger partial charge in [0.2, 0.25) is 0 Å². The maximum atomic E-state index is 12.8. The Kier molecular flexibility index (Phi) is 4.49. The lowest BCUT2D eigenvalue weighted by molar-refractivity contribution is 0.0508.